The first-order chi connectivity index (χ1) is 12.0. The average Bonchev–Trinajstić information content (AvgIpc) is 3.04. The van der Waals surface area contributed by atoms with Crippen molar-refractivity contribution in [1.82, 2.24) is 9.82 Å². The number of nitrogens with zero attached hydrogens (tertiary/aromatic N) is 1. The van der Waals surface area contributed by atoms with Crippen LogP contribution in [0.3, 0.4) is 0 Å². The minimum atomic E-state index is -3.82. The van der Waals surface area contributed by atoms with Gasteiger partial charge in [-0.1, -0.05) is 18.2 Å². The second-order valence-electron chi connectivity index (χ2n) is 5.16. The Kier molecular flexibility index (Phi) is 4.62. The maximum atomic E-state index is 12.4. The summed E-state index contributed by atoms with van der Waals surface area (Å²) in [5.74, 6) is 0.773. The molecule has 0 aliphatic carbocycles. The van der Waals surface area contributed by atoms with Crippen molar-refractivity contribution in [2.75, 3.05) is 14.2 Å². The van der Waals surface area contributed by atoms with Crippen molar-refractivity contribution in [1.29, 1.82) is 0 Å². The van der Waals surface area contributed by atoms with Gasteiger partial charge in [-0.2, -0.15) is 13.5 Å². The summed E-state index contributed by atoms with van der Waals surface area (Å²) < 4.78 is 35.0. The molecule has 7 nitrogen and oxygen atoms in total. The maximum Gasteiger partial charge on any atom is 0.276 e. The van der Waals surface area contributed by atoms with Gasteiger partial charge in [0.25, 0.3) is 10.0 Å². The number of fused-ring (bicyclic) bond motifs is 1. The lowest BCUT2D eigenvalue weighted by atomic mass is 10.2. The van der Waals surface area contributed by atoms with Gasteiger partial charge >= 0.3 is 0 Å². The molecular weight excluding hydrogens is 342 g/mol. The lowest BCUT2D eigenvalue weighted by Crippen LogP contribution is -2.18. The minimum absolute atomic E-state index is 0.0289. The van der Waals surface area contributed by atoms with Gasteiger partial charge in [0.2, 0.25) is 0 Å². The summed E-state index contributed by atoms with van der Waals surface area (Å²) in [5, 5.41) is 4.81. The smallest absolute Gasteiger partial charge is 0.276 e. The molecule has 1 aromatic heterocycles. The molecule has 0 unspecified atom stereocenters. The fourth-order valence-electron chi connectivity index (χ4n) is 2.40. The topological polar surface area (TPSA) is 92.8 Å². The van der Waals surface area contributed by atoms with Crippen LogP contribution in [-0.2, 0) is 10.0 Å². The Morgan fingerprint density at radius 2 is 1.84 bits per heavy atom. The highest BCUT2D eigenvalue weighted by atomic mass is 32.2. The van der Waals surface area contributed by atoms with Crippen LogP contribution in [0.2, 0.25) is 0 Å². The number of methoxy groups -OCH3 is 2. The fourth-order valence-corrected chi connectivity index (χ4v) is 3.21. The summed E-state index contributed by atoms with van der Waals surface area (Å²) in [6.45, 7) is 0. The summed E-state index contributed by atoms with van der Waals surface area (Å²) >= 11 is 0. The van der Waals surface area contributed by atoms with Crippen molar-refractivity contribution in [3.8, 4) is 11.5 Å². The first kappa shape index (κ1) is 16.8. The largest absolute Gasteiger partial charge is 0.493 e. The molecular formula is C17H17N3O4S. The summed E-state index contributed by atoms with van der Waals surface area (Å²) in [5.41, 5.74) is 1.73. The number of aromatic nitrogens is 1. The summed E-state index contributed by atoms with van der Waals surface area (Å²) in [4.78, 5) is 5.32. The predicted molar refractivity (Wildman–Crippen MR) is 95.8 cm³/mol. The highest BCUT2D eigenvalue weighted by Crippen LogP contribution is 2.29. The molecule has 0 atom stereocenters. The van der Waals surface area contributed by atoms with E-state index < -0.39 is 10.0 Å². The molecule has 2 N–H and O–H groups in total. The first-order valence-electron chi connectivity index (χ1n) is 7.38. The van der Waals surface area contributed by atoms with Crippen LogP contribution in [0, 0.1) is 0 Å². The SMILES string of the molecule is COc1ccc(S(=O)(=O)N/N=C/c2c[nH]c3ccccc23)cc1OC. The van der Waals surface area contributed by atoms with Crippen LogP contribution in [0.15, 0.2) is 58.7 Å². The molecule has 0 fully saturated rings. The molecule has 0 aliphatic heterocycles. The van der Waals surface area contributed by atoms with Crippen molar-refractivity contribution in [3.63, 3.8) is 0 Å². The molecule has 8 heteroatoms. The second kappa shape index (κ2) is 6.86. The Morgan fingerprint density at radius 3 is 2.60 bits per heavy atom. The van der Waals surface area contributed by atoms with Gasteiger partial charge in [-0.05, 0) is 18.2 Å². The van der Waals surface area contributed by atoms with Crippen molar-refractivity contribution in [2.24, 2.45) is 5.10 Å². The molecule has 0 bridgehead atoms. The molecule has 3 rings (SSSR count). The van der Waals surface area contributed by atoms with E-state index in [-0.39, 0.29) is 4.90 Å². The highest BCUT2D eigenvalue weighted by Gasteiger charge is 2.16. The van der Waals surface area contributed by atoms with Crippen molar-refractivity contribution in [2.45, 2.75) is 4.90 Å². The van der Waals surface area contributed by atoms with Crippen LogP contribution in [0.25, 0.3) is 10.9 Å². The summed E-state index contributed by atoms with van der Waals surface area (Å²) in [6, 6.07) is 12.0. The number of hydrogen-bond donors (Lipinski definition) is 2. The van der Waals surface area contributed by atoms with Gasteiger partial charge in [-0.15, -0.1) is 0 Å². The zero-order valence-corrected chi connectivity index (χ0v) is 14.5. The zero-order valence-electron chi connectivity index (χ0n) is 13.7. The number of H-pyrrole nitrogens is 1. The molecule has 25 heavy (non-hydrogen) atoms. The highest BCUT2D eigenvalue weighted by molar-refractivity contribution is 7.89. The van der Waals surface area contributed by atoms with E-state index in [0.717, 1.165) is 16.5 Å². The van der Waals surface area contributed by atoms with E-state index >= 15 is 0 Å². The van der Waals surface area contributed by atoms with Crippen molar-refractivity contribution < 1.29 is 17.9 Å². The molecule has 130 valence electrons. The zero-order chi connectivity index (χ0) is 17.9. The number of rotatable bonds is 6. The molecule has 0 saturated heterocycles. The summed E-state index contributed by atoms with van der Waals surface area (Å²) in [6.07, 6.45) is 3.22. The Labute approximate surface area is 145 Å². The van der Waals surface area contributed by atoms with Gasteiger partial charge in [0, 0.05) is 28.7 Å². The van der Waals surface area contributed by atoms with Gasteiger partial charge < -0.3 is 14.5 Å². The van der Waals surface area contributed by atoms with Crippen LogP contribution >= 0.6 is 0 Å². The molecule has 0 amide bonds. The normalized spacial score (nSPS) is 11.8. The monoisotopic (exact) mass is 359 g/mol. The third-order valence-corrected chi connectivity index (χ3v) is 4.88. The number of aromatic amines is 1. The lowest BCUT2D eigenvalue weighted by Gasteiger charge is -2.09. The second-order valence-corrected chi connectivity index (χ2v) is 6.82. The predicted octanol–water partition coefficient (Wildman–Crippen LogP) is 2.50. The van der Waals surface area contributed by atoms with Gasteiger partial charge in [0.15, 0.2) is 11.5 Å². The number of para-hydroxylation sites is 1. The maximum absolute atomic E-state index is 12.4. The Hall–Kier alpha value is -3.00. The Bertz CT molecular complexity index is 1030. The average molecular weight is 359 g/mol. The fraction of sp³-hybridized carbons (Fsp3) is 0.118. The van der Waals surface area contributed by atoms with Crippen LogP contribution in [0.1, 0.15) is 5.56 Å². The van der Waals surface area contributed by atoms with E-state index in [1.165, 1.54) is 38.6 Å². The van der Waals surface area contributed by atoms with Crippen LogP contribution in [0.5, 0.6) is 11.5 Å². The van der Waals surface area contributed by atoms with Gasteiger partial charge in [0.1, 0.15) is 0 Å². The number of ether oxygens (including phenoxy) is 2. The Morgan fingerprint density at radius 1 is 1.08 bits per heavy atom. The standard InChI is InChI=1S/C17H17N3O4S/c1-23-16-8-7-13(9-17(16)24-2)25(21,22)20-19-11-12-10-18-15-6-4-3-5-14(12)15/h3-11,18,20H,1-2H3/b19-11+. The van der Waals surface area contributed by atoms with Crippen molar-refractivity contribution in [3.05, 3.63) is 54.2 Å². The summed E-state index contributed by atoms with van der Waals surface area (Å²) in [7, 11) is -0.895. The van der Waals surface area contributed by atoms with Gasteiger partial charge in [-0.25, -0.2) is 4.83 Å². The number of benzene rings is 2. The van der Waals surface area contributed by atoms with E-state index in [0.29, 0.717) is 11.5 Å². The van der Waals surface area contributed by atoms with E-state index in [9.17, 15) is 8.42 Å². The Balaban J connectivity index is 1.82. The third-order valence-electron chi connectivity index (χ3n) is 3.66. The molecule has 0 saturated carbocycles. The van der Waals surface area contributed by atoms with Crippen LogP contribution in [0.4, 0.5) is 0 Å². The molecule has 3 aromatic rings. The first-order valence-corrected chi connectivity index (χ1v) is 8.86. The molecule has 0 aliphatic rings. The number of sulfonamides is 1. The van der Waals surface area contributed by atoms with E-state index in [1.807, 2.05) is 24.3 Å². The van der Waals surface area contributed by atoms with Gasteiger partial charge in [-0.3, -0.25) is 0 Å². The quantitative estimate of drug-likeness (QED) is 0.522. The molecule has 0 spiro atoms. The van der Waals surface area contributed by atoms with Crippen molar-refractivity contribution >= 4 is 27.1 Å². The number of nitrogens with one attached hydrogen (secondary N) is 2. The number of hydrazone groups is 1. The van der Waals surface area contributed by atoms with E-state index in [2.05, 4.69) is 14.9 Å². The van der Waals surface area contributed by atoms with E-state index in [1.54, 1.807) is 6.20 Å². The van der Waals surface area contributed by atoms with Crippen LogP contribution < -0.4 is 14.3 Å². The van der Waals surface area contributed by atoms with Gasteiger partial charge in [0.05, 0.1) is 25.3 Å². The molecule has 2 aromatic carbocycles. The number of hydrogen-bond acceptors (Lipinski definition) is 5. The minimum Gasteiger partial charge on any atom is -0.493 e. The van der Waals surface area contributed by atoms with Crippen LogP contribution in [-0.4, -0.2) is 33.8 Å². The van der Waals surface area contributed by atoms with E-state index in [4.69, 9.17) is 9.47 Å². The third kappa shape index (κ3) is 3.43. The molecule has 0 radical (unpaired) electrons. The lowest BCUT2D eigenvalue weighted by molar-refractivity contribution is 0.354. The molecule has 1 heterocycles.